The summed E-state index contributed by atoms with van der Waals surface area (Å²) in [5.41, 5.74) is 5.67. The molecule has 2 N–H and O–H groups in total. The molecule has 1 aromatic carbocycles. The number of hydrogen-bond acceptors (Lipinski definition) is 3. The fourth-order valence-corrected chi connectivity index (χ4v) is 1.40. The first-order valence-corrected chi connectivity index (χ1v) is 4.51. The van der Waals surface area contributed by atoms with Crippen LogP contribution < -0.4 is 11.3 Å². The minimum absolute atomic E-state index is 0.255. The van der Waals surface area contributed by atoms with E-state index in [1.807, 2.05) is 0 Å². The third-order valence-corrected chi connectivity index (χ3v) is 2.18. The molecule has 5 heteroatoms. The summed E-state index contributed by atoms with van der Waals surface area (Å²) in [6.45, 7) is 1.68. The maximum atomic E-state index is 12.9. The molecule has 0 bridgehead atoms. The van der Waals surface area contributed by atoms with Crippen LogP contribution in [0.25, 0.3) is 10.9 Å². The van der Waals surface area contributed by atoms with Gasteiger partial charge in [0.05, 0.1) is 23.4 Å². The monoisotopic (exact) mass is 207 g/mol. The van der Waals surface area contributed by atoms with Crippen molar-refractivity contribution in [2.75, 3.05) is 0 Å². The van der Waals surface area contributed by atoms with Gasteiger partial charge in [0.25, 0.3) is 5.56 Å². The first kappa shape index (κ1) is 9.79. The maximum Gasteiger partial charge on any atom is 0.262 e. The second-order valence-corrected chi connectivity index (χ2v) is 3.36. The fourth-order valence-electron chi connectivity index (χ4n) is 1.40. The van der Waals surface area contributed by atoms with Crippen molar-refractivity contribution in [1.82, 2.24) is 9.55 Å². The smallest absolute Gasteiger partial charge is 0.262 e. The van der Waals surface area contributed by atoms with Crippen LogP contribution in [0.15, 0.2) is 29.3 Å². The standard InChI is InChI=1S/C10H10FN3O/c1-6(12)14-5-13-9-4-7(11)2-3-8(9)10(14)15/h2-6H,12H2,1H3. The highest BCUT2D eigenvalue weighted by atomic mass is 19.1. The molecule has 4 nitrogen and oxygen atoms in total. The average molecular weight is 207 g/mol. The van der Waals surface area contributed by atoms with Crippen LogP contribution in [0.1, 0.15) is 13.1 Å². The lowest BCUT2D eigenvalue weighted by atomic mass is 10.2. The molecule has 0 aliphatic rings. The molecule has 0 amide bonds. The zero-order valence-electron chi connectivity index (χ0n) is 8.14. The zero-order chi connectivity index (χ0) is 11.0. The number of aromatic nitrogens is 2. The van der Waals surface area contributed by atoms with E-state index in [1.165, 1.54) is 29.1 Å². The van der Waals surface area contributed by atoms with Crippen LogP contribution in [0.5, 0.6) is 0 Å². The molecule has 1 aromatic heterocycles. The van der Waals surface area contributed by atoms with Gasteiger partial charge in [0, 0.05) is 6.07 Å². The summed E-state index contributed by atoms with van der Waals surface area (Å²) in [6.07, 6.45) is 0.883. The van der Waals surface area contributed by atoms with Gasteiger partial charge in [0.1, 0.15) is 5.82 Å². The van der Waals surface area contributed by atoms with Crippen molar-refractivity contribution in [3.63, 3.8) is 0 Å². The van der Waals surface area contributed by atoms with E-state index in [4.69, 9.17) is 5.73 Å². The Balaban J connectivity index is 2.80. The van der Waals surface area contributed by atoms with Crippen molar-refractivity contribution in [1.29, 1.82) is 0 Å². The number of hydrogen-bond donors (Lipinski definition) is 1. The van der Waals surface area contributed by atoms with E-state index in [-0.39, 0.29) is 5.56 Å². The second kappa shape index (κ2) is 3.43. The largest absolute Gasteiger partial charge is 0.311 e. The molecule has 1 unspecified atom stereocenters. The van der Waals surface area contributed by atoms with Crippen LogP contribution in [-0.4, -0.2) is 9.55 Å². The number of nitrogens with two attached hydrogens (primary N) is 1. The van der Waals surface area contributed by atoms with Gasteiger partial charge in [-0.15, -0.1) is 0 Å². The summed E-state index contributed by atoms with van der Waals surface area (Å²) in [6, 6.07) is 3.87. The lowest BCUT2D eigenvalue weighted by molar-refractivity contribution is 0.547. The van der Waals surface area contributed by atoms with Crippen LogP contribution in [0.3, 0.4) is 0 Å². The molecular weight excluding hydrogens is 197 g/mol. The first-order chi connectivity index (χ1) is 7.09. The average Bonchev–Trinajstić information content (AvgIpc) is 2.17. The van der Waals surface area contributed by atoms with Crippen LogP contribution in [-0.2, 0) is 0 Å². The van der Waals surface area contributed by atoms with Crippen molar-refractivity contribution >= 4 is 10.9 Å². The van der Waals surface area contributed by atoms with E-state index in [2.05, 4.69) is 4.98 Å². The number of halogens is 1. The van der Waals surface area contributed by atoms with Gasteiger partial charge in [-0.2, -0.15) is 0 Å². The summed E-state index contributed by atoms with van der Waals surface area (Å²) >= 11 is 0. The molecule has 0 aliphatic heterocycles. The molecule has 2 aromatic rings. The molecule has 1 atom stereocenters. The van der Waals surface area contributed by atoms with Crippen molar-refractivity contribution in [3.8, 4) is 0 Å². The SMILES string of the molecule is CC(N)n1cnc2cc(F)ccc2c1=O. The summed E-state index contributed by atoms with van der Waals surface area (Å²) < 4.78 is 14.2. The summed E-state index contributed by atoms with van der Waals surface area (Å²) in [7, 11) is 0. The van der Waals surface area contributed by atoms with Gasteiger partial charge in [-0.1, -0.05) is 0 Å². The number of nitrogens with zero attached hydrogens (tertiary/aromatic N) is 2. The summed E-state index contributed by atoms with van der Waals surface area (Å²) in [4.78, 5) is 15.8. The normalized spacial score (nSPS) is 13.0. The molecule has 2 rings (SSSR count). The Morgan fingerprint density at radius 3 is 2.93 bits per heavy atom. The van der Waals surface area contributed by atoms with E-state index < -0.39 is 12.0 Å². The maximum absolute atomic E-state index is 12.9. The highest BCUT2D eigenvalue weighted by Crippen LogP contribution is 2.09. The Kier molecular flexibility index (Phi) is 2.24. The Morgan fingerprint density at radius 2 is 2.27 bits per heavy atom. The zero-order valence-corrected chi connectivity index (χ0v) is 8.14. The van der Waals surface area contributed by atoms with Gasteiger partial charge >= 0.3 is 0 Å². The molecule has 0 spiro atoms. The third-order valence-electron chi connectivity index (χ3n) is 2.18. The molecule has 15 heavy (non-hydrogen) atoms. The van der Waals surface area contributed by atoms with E-state index in [1.54, 1.807) is 6.92 Å². The number of fused-ring (bicyclic) bond motifs is 1. The Morgan fingerprint density at radius 1 is 1.53 bits per heavy atom. The quantitative estimate of drug-likeness (QED) is 0.759. The highest BCUT2D eigenvalue weighted by molar-refractivity contribution is 5.77. The highest BCUT2D eigenvalue weighted by Gasteiger charge is 2.06. The second-order valence-electron chi connectivity index (χ2n) is 3.36. The molecule has 0 fully saturated rings. The molecular formula is C10H10FN3O. The Hall–Kier alpha value is -1.75. The van der Waals surface area contributed by atoms with E-state index in [0.29, 0.717) is 10.9 Å². The van der Waals surface area contributed by atoms with Crippen LogP contribution in [0.2, 0.25) is 0 Å². The van der Waals surface area contributed by atoms with Gasteiger partial charge < -0.3 is 5.73 Å². The van der Waals surface area contributed by atoms with Gasteiger partial charge in [-0.3, -0.25) is 9.36 Å². The van der Waals surface area contributed by atoms with Crippen LogP contribution in [0.4, 0.5) is 4.39 Å². The molecule has 78 valence electrons. The van der Waals surface area contributed by atoms with E-state index in [9.17, 15) is 9.18 Å². The van der Waals surface area contributed by atoms with E-state index in [0.717, 1.165) is 0 Å². The van der Waals surface area contributed by atoms with Gasteiger partial charge in [0.15, 0.2) is 0 Å². The van der Waals surface area contributed by atoms with Crippen molar-refractivity contribution < 1.29 is 4.39 Å². The van der Waals surface area contributed by atoms with Crippen LogP contribution in [0, 0.1) is 5.82 Å². The van der Waals surface area contributed by atoms with Crippen LogP contribution >= 0.6 is 0 Å². The van der Waals surface area contributed by atoms with Crippen molar-refractivity contribution in [2.24, 2.45) is 5.73 Å². The molecule has 0 aliphatic carbocycles. The Bertz CT molecular complexity index is 562. The predicted octanol–water partition coefficient (Wildman–Crippen LogP) is 1.01. The van der Waals surface area contributed by atoms with Gasteiger partial charge in [-0.25, -0.2) is 9.37 Å². The molecule has 0 radical (unpaired) electrons. The minimum atomic E-state index is -0.445. The number of rotatable bonds is 1. The predicted molar refractivity (Wildman–Crippen MR) is 54.9 cm³/mol. The van der Waals surface area contributed by atoms with Crippen molar-refractivity contribution in [2.45, 2.75) is 13.1 Å². The molecule has 0 saturated heterocycles. The summed E-state index contributed by atoms with van der Waals surface area (Å²) in [5, 5.41) is 0.371. The molecule has 1 heterocycles. The van der Waals surface area contributed by atoms with Crippen molar-refractivity contribution in [3.05, 3.63) is 40.7 Å². The van der Waals surface area contributed by atoms with Gasteiger partial charge in [-0.05, 0) is 19.1 Å². The fraction of sp³-hybridized carbons (Fsp3) is 0.200. The minimum Gasteiger partial charge on any atom is -0.311 e. The molecule has 0 saturated carbocycles. The van der Waals surface area contributed by atoms with Gasteiger partial charge in [0.2, 0.25) is 0 Å². The number of benzene rings is 1. The Labute approximate surface area is 85.2 Å². The third kappa shape index (κ3) is 1.61. The van der Waals surface area contributed by atoms with E-state index >= 15 is 0 Å². The first-order valence-electron chi connectivity index (χ1n) is 4.51. The topological polar surface area (TPSA) is 60.9 Å². The lowest BCUT2D eigenvalue weighted by Crippen LogP contribution is -2.28. The summed E-state index contributed by atoms with van der Waals surface area (Å²) in [5.74, 6) is -0.409. The lowest BCUT2D eigenvalue weighted by Gasteiger charge is -2.09.